The fourth-order valence-corrected chi connectivity index (χ4v) is 5.05. The van der Waals surface area contributed by atoms with Crippen LogP contribution in [0.3, 0.4) is 0 Å². The summed E-state index contributed by atoms with van der Waals surface area (Å²) in [7, 11) is -3.14. The molecule has 0 saturated carbocycles. The Hall–Kier alpha value is -1.67. The van der Waals surface area contributed by atoms with Crippen LogP contribution >= 0.6 is 0 Å². The van der Waals surface area contributed by atoms with E-state index in [9.17, 15) is 8.42 Å². The fourth-order valence-electron chi connectivity index (χ4n) is 3.33. The van der Waals surface area contributed by atoms with E-state index in [1.54, 1.807) is 4.31 Å². The van der Waals surface area contributed by atoms with E-state index in [4.69, 9.17) is 0 Å². The van der Waals surface area contributed by atoms with Gasteiger partial charge in [-0.15, -0.1) is 0 Å². The van der Waals surface area contributed by atoms with Gasteiger partial charge in [0.2, 0.25) is 10.0 Å². The minimum atomic E-state index is -3.14. The minimum Gasteiger partial charge on any atom is -0.369 e. The molecule has 0 amide bonds. The van der Waals surface area contributed by atoms with Crippen LogP contribution in [-0.4, -0.2) is 53.1 Å². The molecular weight excluding hydrogens is 338 g/mol. The zero-order valence-corrected chi connectivity index (χ0v) is 15.7. The molecule has 2 N–H and O–H groups in total. The molecule has 2 aromatic rings. The normalized spacial score (nSPS) is 22.3. The van der Waals surface area contributed by atoms with Gasteiger partial charge in [0.1, 0.15) is 17.8 Å². The highest BCUT2D eigenvalue weighted by Crippen LogP contribution is 2.26. The number of piperidine rings is 1. The largest absolute Gasteiger partial charge is 0.369 e. The smallest absolute Gasteiger partial charge is 0.214 e. The second kappa shape index (κ2) is 7.70. The first-order chi connectivity index (χ1) is 12.0. The summed E-state index contributed by atoms with van der Waals surface area (Å²) in [6.07, 6.45) is 5.91. The zero-order valence-electron chi connectivity index (χ0n) is 14.9. The Morgan fingerprint density at radius 3 is 3.04 bits per heavy atom. The number of aromatic nitrogens is 3. The Labute approximate surface area is 149 Å². The summed E-state index contributed by atoms with van der Waals surface area (Å²) in [5.74, 6) is 1.81. The molecule has 2 aromatic heterocycles. The van der Waals surface area contributed by atoms with Crippen LogP contribution in [0.1, 0.15) is 33.1 Å². The molecule has 3 rings (SSSR count). The number of rotatable bonds is 7. The summed E-state index contributed by atoms with van der Waals surface area (Å²) in [6, 6.07) is 1.95. The maximum absolute atomic E-state index is 12.5. The number of anilines is 1. The molecule has 1 aliphatic heterocycles. The molecule has 2 atom stereocenters. The molecule has 0 aromatic carbocycles. The van der Waals surface area contributed by atoms with Gasteiger partial charge in [0.05, 0.1) is 11.1 Å². The van der Waals surface area contributed by atoms with E-state index in [0.717, 1.165) is 36.1 Å². The van der Waals surface area contributed by atoms with Crippen LogP contribution < -0.4 is 5.32 Å². The average Bonchev–Trinajstić information content (AvgIpc) is 3.08. The molecule has 3 heterocycles. The summed E-state index contributed by atoms with van der Waals surface area (Å²) in [5, 5.41) is 4.35. The van der Waals surface area contributed by atoms with Crippen LogP contribution in [0.25, 0.3) is 11.0 Å². The summed E-state index contributed by atoms with van der Waals surface area (Å²) >= 11 is 0. The van der Waals surface area contributed by atoms with Crippen molar-refractivity contribution in [3.05, 3.63) is 18.6 Å². The standard InChI is InChI=1S/C17H27N5O2S/c1-3-4-9-25(23,24)22-8-6-13(2)14(11-22)10-19-17-15-5-7-18-16(15)20-12-21-17/h5,7,12-14H,3-4,6,8-11H2,1-2H3,(H2,18,19,20,21). The van der Waals surface area contributed by atoms with Crippen molar-refractivity contribution in [2.45, 2.75) is 33.1 Å². The molecule has 8 heteroatoms. The highest BCUT2D eigenvalue weighted by atomic mass is 32.2. The van der Waals surface area contributed by atoms with Gasteiger partial charge in [-0.3, -0.25) is 0 Å². The highest BCUT2D eigenvalue weighted by Gasteiger charge is 2.32. The Morgan fingerprint density at radius 2 is 2.24 bits per heavy atom. The predicted octanol–water partition coefficient (Wildman–Crippen LogP) is 2.46. The van der Waals surface area contributed by atoms with Crippen molar-refractivity contribution in [1.82, 2.24) is 19.3 Å². The van der Waals surface area contributed by atoms with Crippen LogP contribution in [0.4, 0.5) is 5.82 Å². The molecule has 0 aliphatic carbocycles. The second-order valence-electron chi connectivity index (χ2n) is 6.90. The number of hydrogen-bond acceptors (Lipinski definition) is 5. The molecule has 0 radical (unpaired) electrons. The number of fused-ring (bicyclic) bond motifs is 1. The quantitative estimate of drug-likeness (QED) is 0.786. The molecule has 2 unspecified atom stereocenters. The second-order valence-corrected chi connectivity index (χ2v) is 8.99. The van der Waals surface area contributed by atoms with Gasteiger partial charge in [-0.2, -0.15) is 0 Å². The van der Waals surface area contributed by atoms with Crippen molar-refractivity contribution in [3.8, 4) is 0 Å². The average molecular weight is 366 g/mol. The van der Waals surface area contributed by atoms with Gasteiger partial charge in [0.15, 0.2) is 0 Å². The van der Waals surface area contributed by atoms with E-state index < -0.39 is 10.0 Å². The highest BCUT2D eigenvalue weighted by molar-refractivity contribution is 7.89. The van der Waals surface area contributed by atoms with Gasteiger partial charge >= 0.3 is 0 Å². The van der Waals surface area contributed by atoms with E-state index in [1.165, 1.54) is 6.33 Å². The summed E-state index contributed by atoms with van der Waals surface area (Å²) < 4.78 is 26.7. The molecule has 25 heavy (non-hydrogen) atoms. The Balaban J connectivity index is 1.66. The molecule has 1 aliphatic rings. The van der Waals surface area contributed by atoms with E-state index in [2.05, 4.69) is 27.2 Å². The third-order valence-corrected chi connectivity index (χ3v) is 7.03. The SMILES string of the molecule is CCCCS(=O)(=O)N1CCC(C)C(CNc2ncnc3[nH]ccc23)C1. The Kier molecular flexibility index (Phi) is 5.58. The topological polar surface area (TPSA) is 91.0 Å². The van der Waals surface area contributed by atoms with Crippen LogP contribution in [0.15, 0.2) is 18.6 Å². The lowest BCUT2D eigenvalue weighted by Gasteiger charge is -2.36. The van der Waals surface area contributed by atoms with Crippen LogP contribution in [0.2, 0.25) is 0 Å². The summed E-state index contributed by atoms with van der Waals surface area (Å²) in [4.78, 5) is 11.6. The summed E-state index contributed by atoms with van der Waals surface area (Å²) in [6.45, 7) is 6.15. The van der Waals surface area contributed by atoms with Crippen LogP contribution in [0.5, 0.6) is 0 Å². The van der Waals surface area contributed by atoms with Gasteiger partial charge in [0.25, 0.3) is 0 Å². The zero-order chi connectivity index (χ0) is 17.9. The number of aromatic amines is 1. The fraction of sp³-hybridized carbons (Fsp3) is 0.647. The van der Waals surface area contributed by atoms with E-state index in [0.29, 0.717) is 25.6 Å². The van der Waals surface area contributed by atoms with Gasteiger partial charge in [-0.05, 0) is 30.7 Å². The van der Waals surface area contributed by atoms with Crippen molar-refractivity contribution >= 4 is 26.9 Å². The molecular formula is C17H27N5O2S. The lowest BCUT2D eigenvalue weighted by molar-refractivity contribution is 0.207. The predicted molar refractivity (Wildman–Crippen MR) is 99.9 cm³/mol. The first-order valence-electron chi connectivity index (χ1n) is 9.01. The minimum absolute atomic E-state index is 0.258. The maximum Gasteiger partial charge on any atom is 0.214 e. The molecule has 1 saturated heterocycles. The third kappa shape index (κ3) is 4.12. The first kappa shape index (κ1) is 18.1. The number of hydrogen-bond donors (Lipinski definition) is 2. The maximum atomic E-state index is 12.5. The molecule has 138 valence electrons. The van der Waals surface area contributed by atoms with Crippen molar-refractivity contribution in [3.63, 3.8) is 0 Å². The molecule has 7 nitrogen and oxygen atoms in total. The van der Waals surface area contributed by atoms with Gasteiger partial charge in [-0.25, -0.2) is 22.7 Å². The Morgan fingerprint density at radius 1 is 1.40 bits per heavy atom. The van der Waals surface area contributed by atoms with Crippen LogP contribution in [-0.2, 0) is 10.0 Å². The molecule has 0 spiro atoms. The lowest BCUT2D eigenvalue weighted by atomic mass is 9.88. The first-order valence-corrected chi connectivity index (χ1v) is 10.6. The third-order valence-electron chi connectivity index (χ3n) is 5.11. The van der Waals surface area contributed by atoms with E-state index in [1.807, 2.05) is 19.2 Å². The number of H-pyrrole nitrogens is 1. The molecule has 1 fully saturated rings. The number of nitrogens with one attached hydrogen (secondary N) is 2. The van der Waals surface area contributed by atoms with Crippen molar-refractivity contribution in [2.75, 3.05) is 30.7 Å². The van der Waals surface area contributed by atoms with Gasteiger partial charge < -0.3 is 10.3 Å². The van der Waals surface area contributed by atoms with E-state index >= 15 is 0 Å². The summed E-state index contributed by atoms with van der Waals surface area (Å²) in [5.41, 5.74) is 0.804. The van der Waals surface area contributed by atoms with Crippen molar-refractivity contribution in [2.24, 2.45) is 11.8 Å². The number of sulfonamides is 1. The van der Waals surface area contributed by atoms with Crippen molar-refractivity contribution < 1.29 is 8.42 Å². The monoisotopic (exact) mass is 365 g/mol. The van der Waals surface area contributed by atoms with Gasteiger partial charge in [-0.1, -0.05) is 20.3 Å². The van der Waals surface area contributed by atoms with Gasteiger partial charge in [0, 0.05) is 25.8 Å². The van der Waals surface area contributed by atoms with Crippen LogP contribution in [0, 0.1) is 11.8 Å². The van der Waals surface area contributed by atoms with E-state index in [-0.39, 0.29) is 11.7 Å². The Bertz CT molecular complexity index is 804. The lowest BCUT2D eigenvalue weighted by Crippen LogP contribution is -2.46. The molecule has 0 bridgehead atoms. The number of unbranched alkanes of at least 4 members (excludes halogenated alkanes) is 1. The number of nitrogens with zero attached hydrogens (tertiary/aromatic N) is 3. The van der Waals surface area contributed by atoms with Crippen molar-refractivity contribution in [1.29, 1.82) is 0 Å².